The highest BCUT2D eigenvalue weighted by molar-refractivity contribution is 5.94. The average molecular weight is 375 g/mol. The fourth-order valence-corrected chi connectivity index (χ4v) is 5.35. The number of nitrogens with zero attached hydrogens (tertiary/aromatic N) is 1. The monoisotopic (exact) mass is 374 g/mol. The number of amides is 1. The molecular formula is C22H31FN2O2. The fraction of sp³-hybridized carbons (Fsp3) is 0.682. The summed E-state index contributed by atoms with van der Waals surface area (Å²) in [5.74, 6) is 0.924. The molecule has 1 aromatic carbocycles. The zero-order valence-corrected chi connectivity index (χ0v) is 16.3. The number of benzene rings is 1. The molecule has 3 fully saturated rings. The maximum atomic E-state index is 12.5. The average Bonchev–Trinajstić information content (AvgIpc) is 3.32. The van der Waals surface area contributed by atoms with Crippen molar-refractivity contribution >= 4 is 5.91 Å². The molecule has 3 saturated heterocycles. The lowest BCUT2D eigenvalue weighted by Gasteiger charge is -2.29. The van der Waals surface area contributed by atoms with Gasteiger partial charge in [0.05, 0.1) is 18.4 Å². The predicted octanol–water partition coefficient (Wildman–Crippen LogP) is 3.34. The van der Waals surface area contributed by atoms with Crippen LogP contribution >= 0.6 is 0 Å². The van der Waals surface area contributed by atoms with Gasteiger partial charge in [-0.3, -0.25) is 9.18 Å². The topological polar surface area (TPSA) is 41.6 Å². The number of nitrogens with one attached hydrogen (secondary N) is 1. The lowest BCUT2D eigenvalue weighted by Crippen LogP contribution is -2.41. The highest BCUT2D eigenvalue weighted by atomic mass is 19.1. The first-order valence-electron chi connectivity index (χ1n) is 10.4. The van der Waals surface area contributed by atoms with Crippen LogP contribution in [-0.4, -0.2) is 55.4 Å². The Hall–Kier alpha value is -1.46. The van der Waals surface area contributed by atoms with Crippen LogP contribution in [0, 0.1) is 18.8 Å². The van der Waals surface area contributed by atoms with Gasteiger partial charge in [0, 0.05) is 37.0 Å². The van der Waals surface area contributed by atoms with Gasteiger partial charge in [-0.15, -0.1) is 0 Å². The van der Waals surface area contributed by atoms with Crippen LogP contribution in [0.2, 0.25) is 0 Å². The molecule has 148 valence electrons. The predicted molar refractivity (Wildman–Crippen MR) is 104 cm³/mol. The number of hydrogen-bond acceptors (Lipinski definition) is 3. The van der Waals surface area contributed by atoms with Gasteiger partial charge >= 0.3 is 0 Å². The molecule has 1 aromatic rings. The second-order valence-electron chi connectivity index (χ2n) is 8.59. The van der Waals surface area contributed by atoms with E-state index in [4.69, 9.17) is 4.74 Å². The number of aryl methyl sites for hydroxylation is 1. The van der Waals surface area contributed by atoms with Crippen LogP contribution < -0.4 is 5.32 Å². The molecule has 3 aliphatic rings. The number of likely N-dealkylation sites (tertiary alicyclic amines) is 1. The van der Waals surface area contributed by atoms with E-state index in [-0.39, 0.29) is 18.2 Å². The molecule has 0 radical (unpaired) electrons. The lowest BCUT2D eigenvalue weighted by molar-refractivity contribution is 0.00265. The maximum absolute atomic E-state index is 12.5. The van der Waals surface area contributed by atoms with E-state index in [9.17, 15) is 9.18 Å². The number of carbonyl (C=O) groups is 1. The third kappa shape index (κ3) is 3.77. The minimum atomic E-state index is -0.208. The molecule has 27 heavy (non-hydrogen) atoms. The van der Waals surface area contributed by atoms with Crippen LogP contribution in [0.5, 0.6) is 0 Å². The second kappa shape index (κ2) is 7.88. The smallest absolute Gasteiger partial charge is 0.251 e. The molecule has 3 aliphatic heterocycles. The molecule has 4 nitrogen and oxygen atoms in total. The Morgan fingerprint density at radius 1 is 1.30 bits per heavy atom. The number of ether oxygens (including phenoxy) is 1. The normalized spacial score (nSPS) is 32.0. The summed E-state index contributed by atoms with van der Waals surface area (Å²) in [5.41, 5.74) is 1.89. The van der Waals surface area contributed by atoms with Gasteiger partial charge in [-0.2, -0.15) is 0 Å². The molecule has 4 atom stereocenters. The maximum Gasteiger partial charge on any atom is 0.251 e. The molecule has 1 spiro atoms. The van der Waals surface area contributed by atoms with Crippen molar-refractivity contribution in [2.45, 2.75) is 50.7 Å². The van der Waals surface area contributed by atoms with E-state index < -0.39 is 0 Å². The first kappa shape index (κ1) is 18.9. The van der Waals surface area contributed by atoms with E-state index in [0.717, 1.165) is 56.4 Å². The van der Waals surface area contributed by atoms with Crippen LogP contribution in [0.1, 0.15) is 48.0 Å². The number of carbonyl (C=O) groups excluding carboxylic acids is 1. The van der Waals surface area contributed by atoms with Gasteiger partial charge in [-0.05, 0) is 57.7 Å². The third-order valence-electron chi connectivity index (χ3n) is 6.77. The Balaban J connectivity index is 1.33. The highest BCUT2D eigenvalue weighted by Gasteiger charge is 2.62. The van der Waals surface area contributed by atoms with Gasteiger partial charge in [0.25, 0.3) is 5.91 Å². The molecule has 4 rings (SSSR count). The number of halogens is 1. The van der Waals surface area contributed by atoms with E-state index in [1.165, 1.54) is 0 Å². The SMILES string of the molecule is Cc1ccc(C(=O)NC[C@H]2[C@H]3CN(CCCCCF)C[C@]34CC[C@H]2O4)cc1. The minimum absolute atomic E-state index is 0.00398. The minimum Gasteiger partial charge on any atom is -0.370 e. The number of alkyl halides is 1. The summed E-state index contributed by atoms with van der Waals surface area (Å²) in [7, 11) is 0. The summed E-state index contributed by atoms with van der Waals surface area (Å²) in [6.07, 6.45) is 5.24. The summed E-state index contributed by atoms with van der Waals surface area (Å²) in [4.78, 5) is 15.0. The van der Waals surface area contributed by atoms with E-state index in [1.807, 2.05) is 31.2 Å². The number of unbranched alkanes of at least 4 members (excludes halogenated alkanes) is 2. The van der Waals surface area contributed by atoms with E-state index in [2.05, 4.69) is 10.2 Å². The Morgan fingerprint density at radius 2 is 2.11 bits per heavy atom. The van der Waals surface area contributed by atoms with Crippen LogP contribution in [0.4, 0.5) is 4.39 Å². The van der Waals surface area contributed by atoms with Crippen molar-refractivity contribution in [1.82, 2.24) is 10.2 Å². The van der Waals surface area contributed by atoms with Crippen molar-refractivity contribution in [1.29, 1.82) is 0 Å². The molecule has 1 N–H and O–H groups in total. The van der Waals surface area contributed by atoms with Gasteiger partial charge in [0.15, 0.2) is 0 Å². The molecule has 0 unspecified atom stereocenters. The number of hydrogen-bond donors (Lipinski definition) is 1. The van der Waals surface area contributed by atoms with Gasteiger partial charge in [0.1, 0.15) is 0 Å². The standard InChI is InChI=1S/C22H31FN2O2/c1-16-5-7-17(8-6-16)21(26)24-13-18-19-14-25(12-4-2-3-11-23)15-22(19)10-9-20(18)27-22/h5-8,18-20H,2-4,9-15H2,1H3,(H,24,26)/t18-,19+,20+,22+/m0/s1. The zero-order valence-electron chi connectivity index (χ0n) is 16.3. The molecule has 0 aliphatic carbocycles. The molecule has 5 heteroatoms. The molecule has 1 amide bonds. The zero-order chi connectivity index (χ0) is 18.9. The fourth-order valence-electron chi connectivity index (χ4n) is 5.35. The van der Waals surface area contributed by atoms with E-state index >= 15 is 0 Å². The molecule has 0 aromatic heterocycles. The van der Waals surface area contributed by atoms with Crippen molar-refractivity contribution in [3.8, 4) is 0 Å². The van der Waals surface area contributed by atoms with E-state index in [1.54, 1.807) is 0 Å². The molecule has 0 saturated carbocycles. The number of fused-ring (bicyclic) bond motifs is 1. The Bertz CT molecular complexity index is 665. The van der Waals surface area contributed by atoms with Gasteiger partial charge in [-0.1, -0.05) is 17.7 Å². The van der Waals surface area contributed by atoms with Gasteiger partial charge in [-0.25, -0.2) is 0 Å². The van der Waals surface area contributed by atoms with Gasteiger partial charge < -0.3 is 15.0 Å². The highest BCUT2D eigenvalue weighted by Crippen LogP contribution is 2.54. The molecule has 2 bridgehead atoms. The van der Waals surface area contributed by atoms with Crippen molar-refractivity contribution in [2.24, 2.45) is 11.8 Å². The number of rotatable bonds is 8. The van der Waals surface area contributed by atoms with Crippen LogP contribution in [0.25, 0.3) is 0 Å². The van der Waals surface area contributed by atoms with E-state index in [0.29, 0.717) is 30.9 Å². The lowest BCUT2D eigenvalue weighted by atomic mass is 9.73. The first-order chi connectivity index (χ1) is 13.1. The summed E-state index contributed by atoms with van der Waals surface area (Å²) in [6.45, 7) is 5.61. The van der Waals surface area contributed by atoms with Crippen molar-refractivity contribution in [3.05, 3.63) is 35.4 Å². The van der Waals surface area contributed by atoms with Crippen molar-refractivity contribution < 1.29 is 13.9 Å². The summed E-state index contributed by atoms with van der Waals surface area (Å²) in [5, 5.41) is 3.15. The third-order valence-corrected chi connectivity index (χ3v) is 6.77. The van der Waals surface area contributed by atoms with Gasteiger partial charge in [0.2, 0.25) is 0 Å². The second-order valence-corrected chi connectivity index (χ2v) is 8.59. The first-order valence-corrected chi connectivity index (χ1v) is 10.4. The van der Waals surface area contributed by atoms with Crippen LogP contribution in [0.3, 0.4) is 0 Å². The Kier molecular flexibility index (Phi) is 5.51. The van der Waals surface area contributed by atoms with Crippen molar-refractivity contribution in [2.75, 3.05) is 32.9 Å². The van der Waals surface area contributed by atoms with Crippen molar-refractivity contribution in [3.63, 3.8) is 0 Å². The molecule has 3 heterocycles. The van der Waals surface area contributed by atoms with Crippen LogP contribution in [0.15, 0.2) is 24.3 Å². The quantitative estimate of drug-likeness (QED) is 0.710. The summed E-state index contributed by atoms with van der Waals surface area (Å²) in [6, 6.07) is 7.72. The van der Waals surface area contributed by atoms with Crippen LogP contribution in [-0.2, 0) is 4.74 Å². The Morgan fingerprint density at radius 3 is 2.89 bits per heavy atom. The summed E-state index contributed by atoms with van der Waals surface area (Å²) < 4.78 is 18.7. The molecular weight excluding hydrogens is 343 g/mol. The largest absolute Gasteiger partial charge is 0.370 e. The Labute approximate surface area is 161 Å². The summed E-state index contributed by atoms with van der Waals surface area (Å²) >= 11 is 0.